The molecule has 1 aromatic carbocycles. The topological polar surface area (TPSA) is 71.8 Å². The van der Waals surface area contributed by atoms with Crippen molar-refractivity contribution in [3.63, 3.8) is 0 Å². The molecular weight excluding hydrogens is 320 g/mol. The molecule has 0 atom stereocenters. The van der Waals surface area contributed by atoms with E-state index in [-0.39, 0.29) is 18.0 Å². The number of benzene rings is 1. The van der Waals surface area contributed by atoms with Crippen LogP contribution in [0.25, 0.3) is 17.0 Å². The molecule has 1 aromatic heterocycles. The van der Waals surface area contributed by atoms with Crippen molar-refractivity contribution in [1.29, 1.82) is 0 Å². The van der Waals surface area contributed by atoms with E-state index in [1.54, 1.807) is 17.9 Å². The van der Waals surface area contributed by atoms with Crippen molar-refractivity contribution >= 4 is 29.0 Å². The quantitative estimate of drug-likeness (QED) is 0.866. The summed E-state index contributed by atoms with van der Waals surface area (Å²) in [6, 6.07) is 9.68. The van der Waals surface area contributed by atoms with Crippen LogP contribution in [-0.2, 0) is 9.53 Å². The first kappa shape index (κ1) is 17.1. The molecule has 1 saturated heterocycles. The second kappa shape index (κ2) is 7.88. The van der Waals surface area contributed by atoms with Crippen molar-refractivity contribution in [2.24, 2.45) is 0 Å². The predicted molar refractivity (Wildman–Crippen MR) is 95.0 cm³/mol. The fraction of sp³-hybridized carbons (Fsp3) is 0.368. The summed E-state index contributed by atoms with van der Waals surface area (Å²) < 4.78 is 10.6. The van der Waals surface area contributed by atoms with E-state index in [4.69, 9.17) is 9.15 Å². The van der Waals surface area contributed by atoms with Gasteiger partial charge in [-0.1, -0.05) is 18.2 Å². The monoisotopic (exact) mass is 342 g/mol. The molecular formula is C19H22N2O4. The molecule has 0 spiro atoms. The van der Waals surface area contributed by atoms with Gasteiger partial charge in [-0.25, -0.2) is 4.79 Å². The Morgan fingerprint density at radius 1 is 1.32 bits per heavy atom. The van der Waals surface area contributed by atoms with Crippen LogP contribution < -0.4 is 5.32 Å². The number of fused-ring (bicyclic) bond motifs is 1. The number of nitrogens with one attached hydrogen (secondary N) is 1. The minimum atomic E-state index is -0.281. The summed E-state index contributed by atoms with van der Waals surface area (Å²) in [4.78, 5) is 25.4. The molecule has 2 amide bonds. The van der Waals surface area contributed by atoms with Crippen molar-refractivity contribution in [2.45, 2.75) is 25.8 Å². The van der Waals surface area contributed by atoms with E-state index in [1.165, 1.54) is 6.08 Å². The zero-order valence-corrected chi connectivity index (χ0v) is 14.2. The molecule has 0 radical (unpaired) electrons. The molecule has 1 N–H and O–H groups in total. The average molecular weight is 342 g/mol. The van der Waals surface area contributed by atoms with Crippen LogP contribution in [0.1, 0.15) is 25.5 Å². The Hall–Kier alpha value is -2.76. The molecule has 2 heterocycles. The number of nitrogens with zero attached hydrogens (tertiary/aromatic N) is 1. The molecule has 2 aromatic rings. The molecule has 25 heavy (non-hydrogen) atoms. The normalized spacial score (nSPS) is 15.6. The molecule has 0 unspecified atom stereocenters. The lowest BCUT2D eigenvalue weighted by Crippen LogP contribution is -2.46. The van der Waals surface area contributed by atoms with Gasteiger partial charge in [-0.15, -0.1) is 0 Å². The highest BCUT2D eigenvalue weighted by Gasteiger charge is 2.24. The number of rotatable bonds is 4. The number of likely N-dealkylation sites (tertiary alicyclic amines) is 1. The summed E-state index contributed by atoms with van der Waals surface area (Å²) in [5, 5.41) is 3.98. The zero-order valence-electron chi connectivity index (χ0n) is 14.2. The largest absolute Gasteiger partial charge is 0.457 e. The molecule has 0 aliphatic carbocycles. The molecule has 132 valence electrons. The van der Waals surface area contributed by atoms with Crippen LogP contribution >= 0.6 is 0 Å². The van der Waals surface area contributed by atoms with Gasteiger partial charge in [0.25, 0.3) is 0 Å². The number of piperidine rings is 1. The Morgan fingerprint density at radius 3 is 2.80 bits per heavy atom. The van der Waals surface area contributed by atoms with Gasteiger partial charge in [0.05, 0.1) is 6.61 Å². The van der Waals surface area contributed by atoms with Gasteiger partial charge in [-0.05, 0) is 38.0 Å². The van der Waals surface area contributed by atoms with E-state index in [1.807, 2.05) is 30.3 Å². The van der Waals surface area contributed by atoms with Gasteiger partial charge in [-0.2, -0.15) is 0 Å². The first-order valence-corrected chi connectivity index (χ1v) is 8.54. The number of carbonyl (C=O) groups excluding carboxylic acids is 2. The Labute approximate surface area is 146 Å². The van der Waals surface area contributed by atoms with E-state index in [0.717, 1.165) is 23.8 Å². The van der Waals surface area contributed by atoms with Crippen LogP contribution in [0.4, 0.5) is 4.79 Å². The van der Waals surface area contributed by atoms with E-state index in [9.17, 15) is 9.59 Å². The van der Waals surface area contributed by atoms with Crippen LogP contribution in [0.15, 0.2) is 40.8 Å². The second-order valence-electron chi connectivity index (χ2n) is 5.99. The lowest BCUT2D eigenvalue weighted by atomic mass is 10.1. The van der Waals surface area contributed by atoms with Crippen molar-refractivity contribution < 1.29 is 18.7 Å². The van der Waals surface area contributed by atoms with Crippen molar-refractivity contribution in [3.05, 3.63) is 42.2 Å². The Kier molecular flexibility index (Phi) is 5.38. The predicted octanol–water partition coefficient (Wildman–Crippen LogP) is 3.18. The summed E-state index contributed by atoms with van der Waals surface area (Å²) in [7, 11) is 0. The maximum Gasteiger partial charge on any atom is 0.409 e. The SMILES string of the molecule is CCOC(=O)N1CCC(NC(=O)/C=C/c2cc3ccccc3o2)CC1. The van der Waals surface area contributed by atoms with Crippen LogP contribution in [0.3, 0.4) is 0 Å². The fourth-order valence-electron chi connectivity index (χ4n) is 2.91. The van der Waals surface area contributed by atoms with Crippen LogP contribution in [0.2, 0.25) is 0 Å². The summed E-state index contributed by atoms with van der Waals surface area (Å²) in [6.07, 6.45) is 4.32. The van der Waals surface area contributed by atoms with Gasteiger partial charge >= 0.3 is 6.09 Å². The minimum Gasteiger partial charge on any atom is -0.457 e. The number of hydrogen-bond donors (Lipinski definition) is 1. The molecule has 0 bridgehead atoms. The first-order chi connectivity index (χ1) is 12.2. The number of amides is 2. The highest BCUT2D eigenvalue weighted by atomic mass is 16.6. The summed E-state index contributed by atoms with van der Waals surface area (Å²) in [6.45, 7) is 3.36. The Bertz CT molecular complexity index is 740. The third kappa shape index (κ3) is 4.41. The Balaban J connectivity index is 1.49. The third-order valence-corrected chi connectivity index (χ3v) is 4.21. The van der Waals surface area contributed by atoms with Crippen molar-refractivity contribution in [1.82, 2.24) is 10.2 Å². The van der Waals surface area contributed by atoms with Gasteiger partial charge in [0.15, 0.2) is 0 Å². The van der Waals surface area contributed by atoms with Gasteiger partial charge in [0.1, 0.15) is 11.3 Å². The molecule has 1 fully saturated rings. The van der Waals surface area contributed by atoms with Gasteiger partial charge in [0.2, 0.25) is 5.91 Å². The van der Waals surface area contributed by atoms with E-state index < -0.39 is 0 Å². The average Bonchev–Trinajstić information content (AvgIpc) is 3.04. The lowest BCUT2D eigenvalue weighted by molar-refractivity contribution is -0.117. The smallest absolute Gasteiger partial charge is 0.409 e. The molecule has 6 nitrogen and oxygen atoms in total. The minimum absolute atomic E-state index is 0.0681. The van der Waals surface area contributed by atoms with E-state index in [0.29, 0.717) is 25.5 Å². The van der Waals surface area contributed by atoms with Gasteiger partial charge in [0, 0.05) is 30.6 Å². The number of ether oxygens (including phenoxy) is 1. The highest BCUT2D eigenvalue weighted by molar-refractivity contribution is 5.92. The van der Waals surface area contributed by atoms with Crippen molar-refractivity contribution in [2.75, 3.05) is 19.7 Å². The Morgan fingerprint density at radius 2 is 2.08 bits per heavy atom. The maximum atomic E-state index is 12.1. The lowest BCUT2D eigenvalue weighted by Gasteiger charge is -2.31. The molecule has 1 aliphatic heterocycles. The second-order valence-corrected chi connectivity index (χ2v) is 5.99. The summed E-state index contributed by atoms with van der Waals surface area (Å²) >= 11 is 0. The fourth-order valence-corrected chi connectivity index (χ4v) is 2.91. The standard InChI is InChI=1S/C19H22N2O4/c1-2-24-19(23)21-11-9-15(10-12-21)20-18(22)8-7-16-13-14-5-3-4-6-17(14)25-16/h3-8,13,15H,2,9-12H2,1H3,(H,20,22)/b8-7+. The molecule has 3 rings (SSSR count). The number of hydrogen-bond acceptors (Lipinski definition) is 4. The summed E-state index contributed by atoms with van der Waals surface area (Å²) in [5.41, 5.74) is 0.800. The highest BCUT2D eigenvalue weighted by Crippen LogP contribution is 2.19. The number of carbonyl (C=O) groups is 2. The van der Waals surface area contributed by atoms with Crippen LogP contribution in [0, 0.1) is 0 Å². The van der Waals surface area contributed by atoms with E-state index in [2.05, 4.69) is 5.32 Å². The van der Waals surface area contributed by atoms with Gasteiger partial charge < -0.3 is 19.4 Å². The van der Waals surface area contributed by atoms with Crippen LogP contribution in [0.5, 0.6) is 0 Å². The first-order valence-electron chi connectivity index (χ1n) is 8.54. The molecule has 1 aliphatic rings. The maximum absolute atomic E-state index is 12.1. The van der Waals surface area contributed by atoms with Crippen molar-refractivity contribution in [3.8, 4) is 0 Å². The molecule has 0 saturated carbocycles. The number of para-hydroxylation sites is 1. The van der Waals surface area contributed by atoms with Gasteiger partial charge in [-0.3, -0.25) is 4.79 Å². The molecule has 6 heteroatoms. The summed E-state index contributed by atoms with van der Waals surface area (Å²) in [5.74, 6) is 0.489. The van der Waals surface area contributed by atoms with E-state index >= 15 is 0 Å². The number of furan rings is 1. The van der Waals surface area contributed by atoms with Crippen LogP contribution in [-0.4, -0.2) is 42.6 Å². The zero-order chi connectivity index (χ0) is 17.6. The third-order valence-electron chi connectivity index (χ3n) is 4.21.